The van der Waals surface area contributed by atoms with Crippen molar-refractivity contribution in [2.24, 2.45) is 0 Å². The molecular formula is C7H3Cl2FO. The van der Waals surface area contributed by atoms with Crippen molar-refractivity contribution in [2.45, 2.75) is 0 Å². The third-order valence-corrected chi connectivity index (χ3v) is 1.87. The van der Waals surface area contributed by atoms with Crippen LogP contribution in [0.15, 0.2) is 12.1 Å². The van der Waals surface area contributed by atoms with E-state index in [0.29, 0.717) is 6.29 Å². The second kappa shape index (κ2) is 3.20. The Kier molecular flexibility index (Phi) is 2.47. The van der Waals surface area contributed by atoms with E-state index in [0.717, 1.165) is 0 Å². The van der Waals surface area contributed by atoms with Crippen LogP contribution in [0.25, 0.3) is 0 Å². The van der Waals surface area contributed by atoms with Crippen LogP contribution < -0.4 is 0 Å². The first-order valence-corrected chi connectivity index (χ1v) is 3.51. The van der Waals surface area contributed by atoms with Crippen LogP contribution in [-0.4, -0.2) is 6.29 Å². The van der Waals surface area contributed by atoms with E-state index in [1.807, 2.05) is 0 Å². The number of carbonyl (C=O) groups is 1. The van der Waals surface area contributed by atoms with Crippen LogP contribution in [0.2, 0.25) is 10.0 Å². The Labute approximate surface area is 72.7 Å². The van der Waals surface area contributed by atoms with Crippen molar-refractivity contribution in [3.8, 4) is 0 Å². The number of aldehydes is 1. The molecule has 0 amide bonds. The van der Waals surface area contributed by atoms with Gasteiger partial charge in [-0.25, -0.2) is 4.39 Å². The minimum Gasteiger partial charge on any atom is -0.298 e. The van der Waals surface area contributed by atoms with Gasteiger partial charge in [0, 0.05) is 5.56 Å². The van der Waals surface area contributed by atoms with Crippen LogP contribution in [0, 0.1) is 5.82 Å². The van der Waals surface area contributed by atoms with Crippen molar-refractivity contribution in [3.05, 3.63) is 33.6 Å². The highest BCUT2D eigenvalue weighted by Crippen LogP contribution is 2.24. The van der Waals surface area contributed by atoms with E-state index >= 15 is 0 Å². The SMILES string of the molecule is O=Cc1ccc(Cl)c(F)c1Cl. The number of benzene rings is 1. The Morgan fingerprint density at radius 3 is 2.55 bits per heavy atom. The van der Waals surface area contributed by atoms with Gasteiger partial charge in [-0.1, -0.05) is 23.2 Å². The van der Waals surface area contributed by atoms with E-state index in [9.17, 15) is 9.18 Å². The molecule has 0 N–H and O–H groups in total. The molecule has 58 valence electrons. The van der Waals surface area contributed by atoms with Crippen LogP contribution in [0.1, 0.15) is 10.4 Å². The van der Waals surface area contributed by atoms with Gasteiger partial charge in [0.25, 0.3) is 0 Å². The van der Waals surface area contributed by atoms with E-state index in [-0.39, 0.29) is 15.6 Å². The fourth-order valence-corrected chi connectivity index (χ4v) is 1.05. The summed E-state index contributed by atoms with van der Waals surface area (Å²) in [4.78, 5) is 10.2. The molecule has 0 radical (unpaired) electrons. The molecule has 0 saturated carbocycles. The second-order valence-electron chi connectivity index (χ2n) is 1.88. The van der Waals surface area contributed by atoms with Gasteiger partial charge >= 0.3 is 0 Å². The van der Waals surface area contributed by atoms with Gasteiger partial charge < -0.3 is 0 Å². The largest absolute Gasteiger partial charge is 0.298 e. The van der Waals surface area contributed by atoms with Crippen molar-refractivity contribution in [1.82, 2.24) is 0 Å². The van der Waals surface area contributed by atoms with Crippen LogP contribution in [0.5, 0.6) is 0 Å². The second-order valence-corrected chi connectivity index (χ2v) is 2.67. The topological polar surface area (TPSA) is 17.1 Å². The molecule has 0 aromatic heterocycles. The molecule has 11 heavy (non-hydrogen) atoms. The normalized spacial score (nSPS) is 9.73. The minimum atomic E-state index is -0.752. The minimum absolute atomic E-state index is 0.0828. The predicted molar refractivity (Wildman–Crippen MR) is 41.8 cm³/mol. The lowest BCUT2D eigenvalue weighted by Gasteiger charge is -1.98. The number of halogens is 3. The summed E-state index contributed by atoms with van der Waals surface area (Å²) in [6.45, 7) is 0. The fraction of sp³-hybridized carbons (Fsp3) is 0. The van der Waals surface area contributed by atoms with Gasteiger partial charge in [-0.15, -0.1) is 0 Å². The third-order valence-electron chi connectivity index (χ3n) is 1.19. The summed E-state index contributed by atoms with van der Waals surface area (Å²) in [6, 6.07) is 2.65. The predicted octanol–water partition coefficient (Wildman–Crippen LogP) is 2.95. The zero-order valence-electron chi connectivity index (χ0n) is 5.27. The molecule has 1 aromatic rings. The van der Waals surface area contributed by atoms with Crippen LogP contribution in [0.4, 0.5) is 4.39 Å². The highest BCUT2D eigenvalue weighted by Gasteiger charge is 2.08. The first-order valence-electron chi connectivity index (χ1n) is 2.75. The van der Waals surface area contributed by atoms with Crippen molar-refractivity contribution < 1.29 is 9.18 Å². The summed E-state index contributed by atoms with van der Waals surface area (Å²) in [5, 5.41) is -0.312. The van der Waals surface area contributed by atoms with Crippen molar-refractivity contribution in [1.29, 1.82) is 0 Å². The maximum Gasteiger partial charge on any atom is 0.161 e. The van der Waals surface area contributed by atoms with E-state index in [1.165, 1.54) is 12.1 Å². The highest BCUT2D eigenvalue weighted by atomic mass is 35.5. The van der Waals surface area contributed by atoms with Gasteiger partial charge in [0.2, 0.25) is 0 Å². The standard InChI is InChI=1S/C7H3Cl2FO/c8-5-2-1-4(3-11)6(9)7(5)10/h1-3H. The first kappa shape index (κ1) is 8.50. The fourth-order valence-electron chi connectivity index (χ4n) is 0.632. The van der Waals surface area contributed by atoms with Gasteiger partial charge in [0.05, 0.1) is 10.0 Å². The maximum atomic E-state index is 12.8. The van der Waals surface area contributed by atoms with Crippen molar-refractivity contribution in [3.63, 3.8) is 0 Å². The number of hydrogen-bond acceptors (Lipinski definition) is 1. The average molecular weight is 193 g/mol. The van der Waals surface area contributed by atoms with Gasteiger partial charge in [-0.3, -0.25) is 4.79 Å². The van der Waals surface area contributed by atoms with Crippen LogP contribution in [-0.2, 0) is 0 Å². The Morgan fingerprint density at radius 2 is 2.00 bits per heavy atom. The van der Waals surface area contributed by atoms with Crippen molar-refractivity contribution >= 4 is 29.5 Å². The van der Waals surface area contributed by atoms with E-state index in [2.05, 4.69) is 0 Å². The molecule has 0 saturated heterocycles. The number of carbonyl (C=O) groups excluding carboxylic acids is 1. The van der Waals surface area contributed by atoms with Gasteiger partial charge in [-0.05, 0) is 12.1 Å². The molecular weight excluding hydrogens is 190 g/mol. The molecule has 0 atom stereocenters. The summed E-state index contributed by atoms with van der Waals surface area (Å²) >= 11 is 10.8. The molecule has 4 heteroatoms. The summed E-state index contributed by atoms with van der Waals surface area (Å²) in [5.41, 5.74) is 0.105. The summed E-state index contributed by atoms with van der Waals surface area (Å²) in [6.07, 6.45) is 0.474. The van der Waals surface area contributed by atoms with Crippen LogP contribution in [0.3, 0.4) is 0 Å². The summed E-state index contributed by atoms with van der Waals surface area (Å²) < 4.78 is 12.8. The molecule has 1 rings (SSSR count). The molecule has 0 heterocycles. The molecule has 0 aliphatic rings. The van der Waals surface area contributed by atoms with E-state index in [1.54, 1.807) is 0 Å². The third kappa shape index (κ3) is 1.52. The Balaban J connectivity index is 3.36. The van der Waals surface area contributed by atoms with Crippen LogP contribution >= 0.6 is 23.2 Å². The zero-order chi connectivity index (χ0) is 8.43. The molecule has 0 bridgehead atoms. The lowest BCUT2D eigenvalue weighted by molar-refractivity contribution is 0.112. The van der Waals surface area contributed by atoms with E-state index < -0.39 is 5.82 Å². The van der Waals surface area contributed by atoms with Gasteiger partial charge in [0.15, 0.2) is 12.1 Å². The monoisotopic (exact) mass is 192 g/mol. The summed E-state index contributed by atoms with van der Waals surface area (Å²) in [7, 11) is 0. The Morgan fingerprint density at radius 1 is 1.36 bits per heavy atom. The molecule has 0 spiro atoms. The lowest BCUT2D eigenvalue weighted by Crippen LogP contribution is -1.86. The first-order chi connectivity index (χ1) is 5.16. The Bertz CT molecular complexity index is 299. The molecule has 0 aliphatic carbocycles. The number of rotatable bonds is 1. The zero-order valence-corrected chi connectivity index (χ0v) is 6.79. The van der Waals surface area contributed by atoms with Gasteiger partial charge in [0.1, 0.15) is 0 Å². The number of hydrogen-bond donors (Lipinski definition) is 0. The van der Waals surface area contributed by atoms with Crippen molar-refractivity contribution in [2.75, 3.05) is 0 Å². The van der Waals surface area contributed by atoms with Gasteiger partial charge in [-0.2, -0.15) is 0 Å². The molecule has 1 aromatic carbocycles. The average Bonchev–Trinajstić information content (AvgIpc) is 2.01. The molecule has 1 nitrogen and oxygen atoms in total. The molecule has 0 unspecified atom stereocenters. The van der Waals surface area contributed by atoms with E-state index in [4.69, 9.17) is 23.2 Å². The quantitative estimate of drug-likeness (QED) is 0.494. The Hall–Kier alpha value is -0.600. The lowest BCUT2D eigenvalue weighted by atomic mass is 10.2. The summed E-state index contributed by atoms with van der Waals surface area (Å²) in [5.74, 6) is -0.752. The smallest absolute Gasteiger partial charge is 0.161 e. The highest BCUT2D eigenvalue weighted by molar-refractivity contribution is 6.36. The molecule has 0 aliphatic heterocycles. The molecule has 0 fully saturated rings. The maximum absolute atomic E-state index is 12.8.